The predicted molar refractivity (Wildman–Crippen MR) is 128 cm³/mol. The number of fused-ring (bicyclic) bond motifs is 1. The summed E-state index contributed by atoms with van der Waals surface area (Å²) in [7, 11) is 1.69. The number of aryl methyl sites for hydroxylation is 1. The highest BCUT2D eigenvalue weighted by Crippen LogP contribution is 2.37. The molecule has 0 bridgehead atoms. The summed E-state index contributed by atoms with van der Waals surface area (Å²) in [6, 6.07) is 16.1. The lowest BCUT2D eigenvalue weighted by Gasteiger charge is -2.33. The molecule has 1 amide bonds. The molecule has 8 heteroatoms. The van der Waals surface area contributed by atoms with Crippen LogP contribution in [0.15, 0.2) is 60.7 Å². The molecule has 1 atom stereocenters. The molecule has 180 valence electrons. The number of carbonyl (C=O) groups is 1. The lowest BCUT2D eigenvalue weighted by atomic mass is 9.94. The molecule has 1 aliphatic rings. The molecule has 5 nitrogen and oxygen atoms in total. The maximum Gasteiger partial charge on any atom is 0.257 e. The first-order valence-electron chi connectivity index (χ1n) is 11.4. The second kappa shape index (κ2) is 9.00. The van der Waals surface area contributed by atoms with Crippen molar-refractivity contribution in [2.75, 3.05) is 6.54 Å². The van der Waals surface area contributed by atoms with Crippen LogP contribution in [0.2, 0.25) is 0 Å². The minimum absolute atomic E-state index is 0.0754. The van der Waals surface area contributed by atoms with Crippen LogP contribution >= 0.6 is 0 Å². The molecule has 5 rings (SSSR count). The van der Waals surface area contributed by atoms with Crippen LogP contribution in [0.3, 0.4) is 0 Å². The molecule has 4 aromatic rings. The van der Waals surface area contributed by atoms with E-state index in [9.17, 15) is 23.2 Å². The lowest BCUT2D eigenvalue weighted by molar-refractivity contribution is 0.0669. The van der Waals surface area contributed by atoms with Crippen molar-refractivity contribution < 1.29 is 18.0 Å². The van der Waals surface area contributed by atoms with Gasteiger partial charge in [-0.2, -0.15) is 10.4 Å². The van der Waals surface area contributed by atoms with Crippen LogP contribution in [0.4, 0.5) is 13.2 Å². The summed E-state index contributed by atoms with van der Waals surface area (Å²) in [6.07, 6.45) is 0.401. The number of nitrogens with zero attached hydrogens (tertiary/aromatic N) is 4. The maximum absolute atomic E-state index is 14.8. The summed E-state index contributed by atoms with van der Waals surface area (Å²) >= 11 is 0. The highest BCUT2D eigenvalue weighted by molar-refractivity contribution is 5.96. The first kappa shape index (κ1) is 23.4. The number of nitriles is 1. The molecule has 0 N–H and O–H groups in total. The Morgan fingerprint density at radius 3 is 2.44 bits per heavy atom. The largest absolute Gasteiger partial charge is 0.330 e. The summed E-state index contributed by atoms with van der Waals surface area (Å²) in [4.78, 5) is 15.1. The van der Waals surface area contributed by atoms with Crippen molar-refractivity contribution in [2.24, 2.45) is 7.05 Å². The van der Waals surface area contributed by atoms with Crippen LogP contribution in [-0.2, 0) is 13.5 Å². The first-order valence-corrected chi connectivity index (χ1v) is 11.4. The molecule has 3 aromatic carbocycles. The third-order valence-corrected chi connectivity index (χ3v) is 6.56. The van der Waals surface area contributed by atoms with Gasteiger partial charge in [-0.1, -0.05) is 18.2 Å². The van der Waals surface area contributed by atoms with Crippen molar-refractivity contribution in [1.29, 1.82) is 5.26 Å². The van der Waals surface area contributed by atoms with Crippen molar-refractivity contribution >= 4 is 5.91 Å². The summed E-state index contributed by atoms with van der Waals surface area (Å²) in [6.45, 7) is 2.09. The number of hydrogen-bond acceptors (Lipinski definition) is 3. The van der Waals surface area contributed by atoms with Crippen LogP contribution < -0.4 is 0 Å². The Bertz CT molecular complexity index is 1530. The van der Waals surface area contributed by atoms with Crippen LogP contribution in [0.1, 0.15) is 40.1 Å². The number of hydrogen-bond donors (Lipinski definition) is 0. The van der Waals surface area contributed by atoms with Crippen molar-refractivity contribution in [2.45, 2.75) is 19.4 Å². The summed E-state index contributed by atoms with van der Waals surface area (Å²) in [5.74, 6) is -2.49. The van der Waals surface area contributed by atoms with E-state index in [-0.39, 0.29) is 12.1 Å². The Morgan fingerprint density at radius 2 is 1.72 bits per heavy atom. The van der Waals surface area contributed by atoms with E-state index < -0.39 is 29.4 Å². The molecular formula is C28H21F3N4O. The first-order chi connectivity index (χ1) is 17.3. The number of aromatic nitrogens is 2. The van der Waals surface area contributed by atoms with Gasteiger partial charge in [-0.3, -0.25) is 9.48 Å². The Morgan fingerprint density at radius 1 is 1.00 bits per heavy atom. The van der Waals surface area contributed by atoms with Gasteiger partial charge in [0.25, 0.3) is 5.91 Å². The van der Waals surface area contributed by atoms with Gasteiger partial charge < -0.3 is 4.90 Å². The van der Waals surface area contributed by atoms with Gasteiger partial charge in [-0.05, 0) is 60.9 Å². The number of carbonyl (C=O) groups excluding carboxylic acids is 1. The van der Waals surface area contributed by atoms with Crippen molar-refractivity contribution in [3.8, 4) is 28.5 Å². The van der Waals surface area contributed by atoms with Gasteiger partial charge in [0.1, 0.15) is 17.5 Å². The predicted octanol–water partition coefficient (Wildman–Crippen LogP) is 5.80. The normalized spacial score (nSPS) is 14.9. The Hall–Kier alpha value is -4.38. The fourth-order valence-electron chi connectivity index (χ4n) is 4.87. The van der Waals surface area contributed by atoms with E-state index in [1.54, 1.807) is 53.9 Å². The zero-order valence-electron chi connectivity index (χ0n) is 19.6. The third-order valence-electron chi connectivity index (χ3n) is 6.56. The number of amides is 1. The lowest BCUT2D eigenvalue weighted by Crippen LogP contribution is -2.39. The van der Waals surface area contributed by atoms with Crippen LogP contribution in [0.25, 0.3) is 22.4 Å². The molecule has 0 spiro atoms. The quantitative estimate of drug-likeness (QED) is 0.368. The monoisotopic (exact) mass is 486 g/mol. The number of benzene rings is 3. The Labute approximate surface area is 206 Å². The number of halogens is 3. The second-order valence-electron chi connectivity index (χ2n) is 8.81. The molecular weight excluding hydrogens is 465 g/mol. The molecule has 0 saturated carbocycles. The zero-order valence-corrected chi connectivity index (χ0v) is 19.6. The molecule has 1 aromatic heterocycles. The van der Waals surface area contributed by atoms with Gasteiger partial charge in [0.2, 0.25) is 0 Å². The fourth-order valence-corrected chi connectivity index (χ4v) is 4.87. The van der Waals surface area contributed by atoms with E-state index in [0.717, 1.165) is 11.6 Å². The zero-order chi connectivity index (χ0) is 25.6. The Kier molecular flexibility index (Phi) is 5.84. The summed E-state index contributed by atoms with van der Waals surface area (Å²) in [5, 5.41) is 13.7. The third kappa shape index (κ3) is 4.03. The van der Waals surface area contributed by atoms with E-state index in [1.807, 2.05) is 0 Å². The highest BCUT2D eigenvalue weighted by atomic mass is 19.1. The molecule has 36 heavy (non-hydrogen) atoms. The smallest absolute Gasteiger partial charge is 0.257 e. The van der Waals surface area contributed by atoms with E-state index in [2.05, 4.69) is 11.2 Å². The van der Waals surface area contributed by atoms with Crippen LogP contribution in [0, 0.1) is 28.8 Å². The minimum atomic E-state index is -0.684. The molecule has 0 saturated heterocycles. The van der Waals surface area contributed by atoms with Crippen LogP contribution in [-0.4, -0.2) is 27.1 Å². The maximum atomic E-state index is 14.8. The molecule has 0 aliphatic carbocycles. The summed E-state index contributed by atoms with van der Waals surface area (Å²) in [5.41, 5.74) is 4.09. The minimum Gasteiger partial charge on any atom is -0.330 e. The van der Waals surface area contributed by atoms with E-state index in [1.165, 1.54) is 24.3 Å². The van der Waals surface area contributed by atoms with Crippen molar-refractivity contribution in [3.63, 3.8) is 0 Å². The van der Waals surface area contributed by atoms with Gasteiger partial charge >= 0.3 is 0 Å². The van der Waals surface area contributed by atoms with Gasteiger partial charge in [-0.25, -0.2) is 13.2 Å². The van der Waals surface area contributed by atoms with E-state index in [4.69, 9.17) is 0 Å². The highest BCUT2D eigenvalue weighted by Gasteiger charge is 2.34. The van der Waals surface area contributed by atoms with Gasteiger partial charge in [0.15, 0.2) is 0 Å². The summed E-state index contributed by atoms with van der Waals surface area (Å²) < 4.78 is 44.2. The van der Waals surface area contributed by atoms with Gasteiger partial charge in [-0.15, -0.1) is 0 Å². The SMILES string of the molecule is CC1c2nn(C)c(-c3cc(F)cc(F)c3)c2CCN1C(=O)c1cc(-c2cccc(C#N)c2)ccc1F. The van der Waals surface area contributed by atoms with Crippen molar-refractivity contribution in [3.05, 3.63) is 100 Å². The molecule has 1 unspecified atom stereocenters. The van der Waals surface area contributed by atoms with Gasteiger partial charge in [0, 0.05) is 30.8 Å². The molecule has 0 fully saturated rings. The molecule has 0 radical (unpaired) electrons. The fraction of sp³-hybridized carbons (Fsp3) is 0.179. The standard InChI is InChI=1S/C28H21F3N4O/c1-16-26-23(27(34(2)33-26)20-11-21(29)14-22(30)12-20)8-9-35(16)28(36)24-13-19(6-7-25(24)31)18-5-3-4-17(10-18)15-32/h3-7,10-14,16H,8-9H2,1-2H3. The van der Waals surface area contributed by atoms with E-state index >= 15 is 0 Å². The molecule has 1 aliphatic heterocycles. The number of rotatable bonds is 3. The topological polar surface area (TPSA) is 61.9 Å². The van der Waals surface area contributed by atoms with E-state index in [0.29, 0.717) is 40.1 Å². The second-order valence-corrected chi connectivity index (χ2v) is 8.81. The average Bonchev–Trinajstić information content (AvgIpc) is 3.20. The molecule has 2 heterocycles. The Balaban J connectivity index is 1.49. The van der Waals surface area contributed by atoms with Crippen LogP contribution in [0.5, 0.6) is 0 Å². The van der Waals surface area contributed by atoms with Gasteiger partial charge in [0.05, 0.1) is 34.6 Å². The van der Waals surface area contributed by atoms with Crippen molar-refractivity contribution in [1.82, 2.24) is 14.7 Å². The average molecular weight is 486 g/mol.